The summed E-state index contributed by atoms with van der Waals surface area (Å²) in [6.07, 6.45) is -4.04. The van der Waals surface area contributed by atoms with E-state index in [1.807, 2.05) is 147 Å². The van der Waals surface area contributed by atoms with Crippen LogP contribution in [0.15, 0.2) is 176 Å². The van der Waals surface area contributed by atoms with Gasteiger partial charge in [-0.2, -0.15) is 12.1 Å². The van der Waals surface area contributed by atoms with Crippen molar-refractivity contribution < 1.29 is 44.2 Å². The Kier molecular flexibility index (Phi) is 10.2. The Morgan fingerprint density at radius 2 is 1.27 bits per heavy atom. The van der Waals surface area contributed by atoms with Crippen molar-refractivity contribution in [1.29, 1.82) is 0 Å². The van der Waals surface area contributed by atoms with E-state index in [1.54, 1.807) is 62.7 Å². The number of benzene rings is 8. The van der Waals surface area contributed by atoms with Crippen molar-refractivity contribution in [3.63, 3.8) is 0 Å². The topological polar surface area (TPSA) is 42.8 Å². The summed E-state index contributed by atoms with van der Waals surface area (Å²) in [7, 11) is 0. The van der Waals surface area contributed by atoms with Crippen LogP contribution in [0.25, 0.3) is 61.0 Å². The third-order valence-corrected chi connectivity index (χ3v) is 12.7. The fourth-order valence-electron chi connectivity index (χ4n) is 9.77. The predicted octanol–water partition coefficient (Wildman–Crippen LogP) is 17.7. The first kappa shape index (κ1) is 37.4. The van der Waals surface area contributed by atoms with Gasteiger partial charge in [0.05, 0.1) is 5.48 Å². The molecule has 0 aliphatic carbocycles. The van der Waals surface area contributed by atoms with Crippen molar-refractivity contribution >= 4 is 44.6 Å². The maximum absolute atomic E-state index is 9.62. The minimum Gasteiger partial charge on any atom is -0.509 e. The van der Waals surface area contributed by atoms with Crippen LogP contribution in [0.1, 0.15) is 71.9 Å². The first-order valence-corrected chi connectivity index (χ1v) is 24.4. The second-order valence-electron chi connectivity index (χ2n) is 19.1. The van der Waals surface area contributed by atoms with Gasteiger partial charge in [-0.25, -0.2) is 4.98 Å². The van der Waals surface area contributed by atoms with Gasteiger partial charge < -0.3 is 23.8 Å². The van der Waals surface area contributed by atoms with Gasteiger partial charge >= 0.3 is 0 Å². The fraction of sp³-hybridized carbons (Fsp3) is 0.182. The number of nitrogens with zero attached hydrogens (tertiary/aromatic N) is 4. The second-order valence-corrected chi connectivity index (χ2v) is 19.1. The van der Waals surface area contributed by atoms with Gasteiger partial charge in [-0.3, -0.25) is 0 Å². The average Bonchev–Trinajstić information content (AvgIpc) is 2.51. The molecule has 6 heterocycles. The van der Waals surface area contributed by atoms with Gasteiger partial charge in [0.15, 0.2) is 0 Å². The summed E-state index contributed by atoms with van der Waals surface area (Å²) in [6.45, 7) is 12.9. The molecule has 2 aromatic heterocycles. The normalized spacial score (nSPS) is 15.4. The second kappa shape index (κ2) is 19.9. The summed E-state index contributed by atoms with van der Waals surface area (Å²) in [6, 6.07) is 50.7. The zero-order valence-corrected chi connectivity index (χ0v) is 43.4. The van der Waals surface area contributed by atoms with Crippen molar-refractivity contribution in [2.75, 3.05) is 9.80 Å². The number of rotatable bonds is 7. The molecule has 4 aliphatic rings. The monoisotopic (exact) mass is 1140 g/mol. The van der Waals surface area contributed by atoms with Crippen LogP contribution in [0.4, 0.5) is 22.7 Å². The Morgan fingerprint density at radius 3 is 2.03 bits per heavy atom. The van der Waals surface area contributed by atoms with Crippen LogP contribution in [0.5, 0.6) is 23.0 Å². The number of pyridine rings is 1. The number of hydrogen-bond donors (Lipinski definition) is 0. The third kappa shape index (κ3) is 9.23. The van der Waals surface area contributed by atoms with Gasteiger partial charge in [0.25, 0.3) is 0 Å². The molecular weight excluding hydrogens is 1080 g/mol. The van der Waals surface area contributed by atoms with Gasteiger partial charge in [-0.15, -0.1) is 47.6 Å². The zero-order valence-electron chi connectivity index (χ0n) is 51.2. The van der Waals surface area contributed by atoms with E-state index in [9.17, 15) is 11.0 Å². The maximum atomic E-state index is 9.62. The smallest absolute Gasteiger partial charge is 0.135 e. The Balaban J connectivity index is 0.00000721. The largest absolute Gasteiger partial charge is 0.509 e. The molecule has 73 heavy (non-hydrogen) atoms. The average molecular weight is 1140 g/mol. The van der Waals surface area contributed by atoms with E-state index in [4.69, 9.17) is 17.2 Å². The molecule has 10 aromatic rings. The van der Waals surface area contributed by atoms with Crippen molar-refractivity contribution in [1.82, 2.24) is 9.55 Å². The van der Waals surface area contributed by atoms with Gasteiger partial charge in [0.1, 0.15) is 17.3 Å². The summed E-state index contributed by atoms with van der Waals surface area (Å²) >= 11 is 0. The van der Waals surface area contributed by atoms with Crippen LogP contribution in [0.3, 0.4) is 0 Å². The minimum atomic E-state index is -1.96. The molecule has 14 rings (SSSR count). The number of aromatic nitrogens is 2. The molecule has 0 N–H and O–H groups in total. The Hall–Kier alpha value is -7.40. The van der Waals surface area contributed by atoms with Gasteiger partial charge in [0.2, 0.25) is 0 Å². The molecule has 0 fully saturated rings. The molecule has 0 saturated heterocycles. The number of hydrogen-bond acceptors (Lipinski definition) is 5. The van der Waals surface area contributed by atoms with Gasteiger partial charge in [0, 0.05) is 86.3 Å². The van der Waals surface area contributed by atoms with Crippen LogP contribution >= 0.6 is 0 Å². The molecule has 0 amide bonds. The zero-order chi connectivity index (χ0) is 57.9. The van der Waals surface area contributed by atoms with Crippen LogP contribution in [0.2, 0.25) is 0 Å². The van der Waals surface area contributed by atoms with Crippen molar-refractivity contribution in [3.8, 4) is 62.2 Å². The van der Waals surface area contributed by atoms with Crippen molar-refractivity contribution in [2.24, 2.45) is 17.8 Å². The standard InChI is InChI=1S/C66H57N4O2.Pt/c1-42(2)31-45-34-57(46-15-8-7-9-16-46)66-58(35-45)47-24-27-52(28-25-47)71-53-18-14-17-48(36-53)59-40-67-65(37-50(59)33-44(5)6)70-60-20-11-10-19-55(60)56-30-29-54(39-63(56)70)72-64-38-51(26-23-49(64)32-43(3)4)68-41-69(66)62-22-13-12-21-61(62)68;/h7-30,34-37,40-44H,31-33H2,1-6H3;/q-3;/i10D,11D,19D,20D,31D2,32D2,33D2;. The molecular formula is C66H57N4O2Pt-3. The Bertz CT molecular complexity index is 4190. The quantitative estimate of drug-likeness (QED) is 0.149. The molecule has 0 atom stereocenters. The van der Waals surface area contributed by atoms with Crippen LogP contribution in [-0.4, -0.2) is 9.55 Å². The first-order chi connectivity index (χ1) is 39.1. The summed E-state index contributed by atoms with van der Waals surface area (Å²) in [4.78, 5) is 9.05. The predicted molar refractivity (Wildman–Crippen MR) is 296 cm³/mol. The third-order valence-electron chi connectivity index (χ3n) is 12.7. The van der Waals surface area contributed by atoms with E-state index in [-0.39, 0.29) is 83.9 Å². The summed E-state index contributed by atoms with van der Waals surface area (Å²) in [5.41, 5.74) is 8.55. The molecule has 4 aliphatic heterocycles. The molecule has 12 bridgehead atoms. The first-order valence-electron chi connectivity index (χ1n) is 29.4. The van der Waals surface area contributed by atoms with Crippen LogP contribution in [-0.2, 0) is 40.2 Å². The van der Waals surface area contributed by atoms with E-state index in [0.717, 1.165) is 39.3 Å². The summed E-state index contributed by atoms with van der Waals surface area (Å²) in [5, 5.41) is 0.615. The van der Waals surface area contributed by atoms with E-state index in [1.165, 1.54) is 0 Å². The molecule has 7 heteroatoms. The molecule has 8 aromatic carbocycles. The molecule has 0 radical (unpaired) electrons. The Labute approximate surface area is 458 Å². The summed E-state index contributed by atoms with van der Waals surface area (Å²) < 4.78 is 108. The molecule has 0 unspecified atom stereocenters. The maximum Gasteiger partial charge on any atom is 0.135 e. The number of fused-ring (bicyclic) bond motifs is 5. The summed E-state index contributed by atoms with van der Waals surface area (Å²) in [5.74, 6) is -0.0608. The SMILES string of the molecule is [2H]c1c([2H])c([2H])c2c(c1[2H])c1ccc3[c-]c1n2-c1cc(C([2H])([2H])C(C)C)c(cn1)-c1cccc(c1)Oc1ccc(cc1)-c1cc(C([2H])([2H])C(C)C)cc(-c2ccccc2)c1N1[CH-]N(c2[c-]c(c(C([2H])([2H])C(C)C)cc2)O3)c2ccccc21.[Pt]. The number of anilines is 4. The van der Waals surface area contributed by atoms with Crippen molar-refractivity contribution in [2.45, 2.75) is 60.7 Å². The van der Waals surface area contributed by atoms with Gasteiger partial charge in [-0.1, -0.05) is 144 Å². The molecule has 0 spiro atoms. The van der Waals surface area contributed by atoms with E-state index >= 15 is 0 Å². The van der Waals surface area contributed by atoms with E-state index in [2.05, 4.69) is 17.0 Å². The molecule has 366 valence electrons. The van der Waals surface area contributed by atoms with Gasteiger partial charge in [-0.05, 0) is 118 Å². The van der Waals surface area contributed by atoms with E-state index < -0.39 is 43.0 Å². The number of para-hydroxylation sites is 3. The molecule has 0 saturated carbocycles. The Morgan fingerprint density at radius 1 is 0.589 bits per heavy atom. The van der Waals surface area contributed by atoms with Crippen LogP contribution in [0, 0.1) is 36.6 Å². The number of ether oxygens (including phenoxy) is 2. The van der Waals surface area contributed by atoms with Crippen molar-refractivity contribution in [3.05, 3.63) is 211 Å². The van der Waals surface area contributed by atoms with Crippen LogP contribution < -0.4 is 19.3 Å². The van der Waals surface area contributed by atoms with E-state index in [0.29, 0.717) is 39.3 Å². The molecule has 6 nitrogen and oxygen atoms in total. The minimum absolute atomic E-state index is 0. The fourth-order valence-corrected chi connectivity index (χ4v) is 9.77.